The van der Waals surface area contributed by atoms with Gasteiger partial charge in [0.1, 0.15) is 5.82 Å². The Morgan fingerprint density at radius 1 is 1.11 bits per heavy atom. The van der Waals surface area contributed by atoms with E-state index in [1.54, 1.807) is 41.9 Å². The number of halogens is 1. The highest BCUT2D eigenvalue weighted by Crippen LogP contribution is 2.32. The minimum absolute atomic E-state index is 0.0558. The Balaban J connectivity index is 1.61. The summed E-state index contributed by atoms with van der Waals surface area (Å²) in [5.74, 6) is -1.34. The summed E-state index contributed by atoms with van der Waals surface area (Å²) in [7, 11) is -1.90. The highest BCUT2D eigenvalue weighted by Gasteiger charge is 2.32. The Kier molecular flexibility index (Phi) is 6.24. The van der Waals surface area contributed by atoms with Gasteiger partial charge < -0.3 is 10.1 Å². The summed E-state index contributed by atoms with van der Waals surface area (Å²) < 4.78 is 44.2. The molecule has 2 aromatic carbocycles. The van der Waals surface area contributed by atoms with Crippen molar-refractivity contribution in [2.45, 2.75) is 19.4 Å². The molecule has 4 aromatic rings. The van der Waals surface area contributed by atoms with E-state index in [1.165, 1.54) is 31.4 Å². The normalized spacial score (nSPS) is 16.6. The summed E-state index contributed by atoms with van der Waals surface area (Å²) in [6.45, 7) is 1.74. The maximum absolute atomic E-state index is 13.6. The average Bonchev–Trinajstić information content (AvgIpc) is 3.42. The second-order valence-corrected chi connectivity index (χ2v) is 11.1. The maximum atomic E-state index is 13.6. The van der Waals surface area contributed by atoms with Crippen LogP contribution in [0.25, 0.3) is 22.3 Å². The van der Waals surface area contributed by atoms with Crippen LogP contribution in [0.1, 0.15) is 38.9 Å². The molecule has 2 aromatic heterocycles. The molecule has 5 rings (SSSR count). The van der Waals surface area contributed by atoms with Crippen LogP contribution in [0.4, 0.5) is 10.1 Å². The number of benzene rings is 2. The van der Waals surface area contributed by atoms with Crippen molar-refractivity contribution in [2.24, 2.45) is 0 Å². The van der Waals surface area contributed by atoms with Crippen molar-refractivity contribution in [3.05, 3.63) is 77.2 Å². The molecule has 1 aliphatic rings. The molecule has 37 heavy (non-hydrogen) atoms. The van der Waals surface area contributed by atoms with E-state index in [9.17, 15) is 22.4 Å². The third-order valence-electron chi connectivity index (χ3n) is 6.34. The first kappa shape index (κ1) is 24.6. The highest BCUT2D eigenvalue weighted by molar-refractivity contribution is 7.91. The number of nitrogens with one attached hydrogen (secondary N) is 1. The molecular formula is C26H23FN4O5S. The minimum atomic E-state index is -3.19. The number of amides is 1. The first-order chi connectivity index (χ1) is 17.6. The lowest BCUT2D eigenvalue weighted by Gasteiger charge is -2.12. The summed E-state index contributed by atoms with van der Waals surface area (Å²) in [6, 6.07) is 13.2. The molecule has 0 saturated carbocycles. The Morgan fingerprint density at radius 3 is 2.43 bits per heavy atom. The molecule has 3 heterocycles. The predicted octanol–water partition coefficient (Wildman–Crippen LogP) is 3.94. The van der Waals surface area contributed by atoms with Crippen molar-refractivity contribution in [1.29, 1.82) is 0 Å². The molecule has 0 bridgehead atoms. The quantitative estimate of drug-likeness (QED) is 0.394. The number of aromatic nitrogens is 3. The van der Waals surface area contributed by atoms with E-state index in [1.807, 2.05) is 0 Å². The van der Waals surface area contributed by atoms with Gasteiger partial charge in [0, 0.05) is 11.3 Å². The molecule has 1 N–H and O–H groups in total. The second-order valence-electron chi connectivity index (χ2n) is 8.87. The average molecular weight is 523 g/mol. The van der Waals surface area contributed by atoms with E-state index in [2.05, 4.69) is 10.4 Å². The van der Waals surface area contributed by atoms with Gasteiger partial charge in [-0.3, -0.25) is 4.79 Å². The Hall–Kier alpha value is -4.12. The van der Waals surface area contributed by atoms with Crippen LogP contribution in [-0.2, 0) is 14.6 Å². The van der Waals surface area contributed by atoms with Crippen molar-refractivity contribution in [3.63, 3.8) is 0 Å². The maximum Gasteiger partial charge on any atom is 0.337 e. The van der Waals surface area contributed by atoms with E-state index in [0.29, 0.717) is 45.7 Å². The number of methoxy groups -OCH3 is 1. The van der Waals surface area contributed by atoms with Crippen molar-refractivity contribution in [2.75, 3.05) is 23.9 Å². The summed E-state index contributed by atoms with van der Waals surface area (Å²) in [4.78, 5) is 29.9. The number of anilines is 1. The SMILES string of the molecule is COC(=O)c1ccc(NC(=O)c2cc(-c3ccc(F)cc3)nc3c2c(C)nn3C2CCS(=O)(=O)C2)cc1. The second kappa shape index (κ2) is 9.40. The molecule has 1 atom stereocenters. The molecule has 9 nitrogen and oxygen atoms in total. The molecular weight excluding hydrogens is 499 g/mol. The molecule has 0 radical (unpaired) electrons. The van der Waals surface area contributed by atoms with Crippen molar-refractivity contribution >= 4 is 38.4 Å². The van der Waals surface area contributed by atoms with Gasteiger partial charge in [-0.25, -0.2) is 27.3 Å². The number of carbonyl (C=O) groups excluding carboxylic acids is 2. The lowest BCUT2D eigenvalue weighted by atomic mass is 10.0. The smallest absolute Gasteiger partial charge is 0.337 e. The van der Waals surface area contributed by atoms with E-state index < -0.39 is 33.6 Å². The Morgan fingerprint density at radius 2 is 1.81 bits per heavy atom. The van der Waals surface area contributed by atoms with Crippen LogP contribution >= 0.6 is 0 Å². The number of sulfone groups is 1. The number of fused-ring (bicyclic) bond motifs is 1. The van der Waals surface area contributed by atoms with Crippen molar-refractivity contribution in [3.8, 4) is 11.3 Å². The standard InChI is InChI=1S/C26H23FN4O5S/c1-15-23-21(25(32)28-19-9-5-17(6-10-19)26(33)36-2)13-22(16-3-7-18(27)8-4-16)29-24(23)31(30-15)20-11-12-37(34,35)14-20/h3-10,13,20H,11-12,14H2,1-2H3,(H,28,32). The van der Waals surface area contributed by atoms with E-state index in [4.69, 9.17) is 9.72 Å². The van der Waals surface area contributed by atoms with Crippen LogP contribution in [0, 0.1) is 12.7 Å². The van der Waals surface area contributed by atoms with Gasteiger partial charge in [0.25, 0.3) is 5.91 Å². The third-order valence-corrected chi connectivity index (χ3v) is 8.09. The zero-order valence-corrected chi connectivity index (χ0v) is 20.9. The van der Waals surface area contributed by atoms with Crippen LogP contribution in [0.15, 0.2) is 54.6 Å². The summed E-state index contributed by atoms with van der Waals surface area (Å²) in [6.07, 6.45) is 0.398. The number of hydrogen-bond acceptors (Lipinski definition) is 7. The van der Waals surface area contributed by atoms with Gasteiger partial charge in [0.05, 0.1) is 52.6 Å². The molecule has 0 spiro atoms. The van der Waals surface area contributed by atoms with Crippen LogP contribution < -0.4 is 5.32 Å². The van der Waals surface area contributed by atoms with Gasteiger partial charge in [0.2, 0.25) is 0 Å². The first-order valence-corrected chi connectivity index (χ1v) is 13.3. The van der Waals surface area contributed by atoms with Gasteiger partial charge in [-0.05, 0) is 67.9 Å². The molecule has 1 amide bonds. The number of carbonyl (C=O) groups is 2. The molecule has 190 valence electrons. The van der Waals surface area contributed by atoms with Crippen LogP contribution in [0.3, 0.4) is 0 Å². The topological polar surface area (TPSA) is 120 Å². The largest absolute Gasteiger partial charge is 0.465 e. The molecule has 1 saturated heterocycles. The fourth-order valence-corrected chi connectivity index (χ4v) is 6.18. The number of hydrogen-bond donors (Lipinski definition) is 1. The van der Waals surface area contributed by atoms with Gasteiger partial charge in [0.15, 0.2) is 15.5 Å². The molecule has 11 heteroatoms. The monoisotopic (exact) mass is 522 g/mol. The van der Waals surface area contributed by atoms with E-state index in [-0.39, 0.29) is 17.1 Å². The fourth-order valence-electron chi connectivity index (χ4n) is 4.49. The van der Waals surface area contributed by atoms with Gasteiger partial charge >= 0.3 is 5.97 Å². The van der Waals surface area contributed by atoms with Crippen molar-refractivity contribution in [1.82, 2.24) is 14.8 Å². The number of rotatable bonds is 5. The minimum Gasteiger partial charge on any atom is -0.465 e. The third kappa shape index (κ3) is 4.82. The first-order valence-electron chi connectivity index (χ1n) is 11.5. The number of pyridine rings is 1. The number of nitrogens with zero attached hydrogens (tertiary/aromatic N) is 3. The van der Waals surface area contributed by atoms with Gasteiger partial charge in [-0.2, -0.15) is 5.10 Å². The molecule has 1 fully saturated rings. The summed E-state index contributed by atoms with van der Waals surface area (Å²) in [5, 5.41) is 7.90. The summed E-state index contributed by atoms with van der Waals surface area (Å²) >= 11 is 0. The molecule has 0 aliphatic carbocycles. The highest BCUT2D eigenvalue weighted by atomic mass is 32.2. The van der Waals surface area contributed by atoms with E-state index in [0.717, 1.165) is 0 Å². The lowest BCUT2D eigenvalue weighted by Crippen LogP contribution is -2.15. The Labute approximate surface area is 212 Å². The Bertz CT molecular complexity index is 1630. The summed E-state index contributed by atoms with van der Waals surface area (Å²) in [5.41, 5.74) is 3.00. The predicted molar refractivity (Wildman–Crippen MR) is 136 cm³/mol. The lowest BCUT2D eigenvalue weighted by molar-refractivity contribution is 0.0600. The van der Waals surface area contributed by atoms with Crippen molar-refractivity contribution < 1.29 is 27.1 Å². The molecule has 1 aliphatic heterocycles. The van der Waals surface area contributed by atoms with E-state index >= 15 is 0 Å². The van der Waals surface area contributed by atoms with Gasteiger partial charge in [-0.15, -0.1) is 0 Å². The number of ether oxygens (including phenoxy) is 1. The van der Waals surface area contributed by atoms with Crippen LogP contribution in [0.5, 0.6) is 0 Å². The zero-order valence-electron chi connectivity index (χ0n) is 20.1. The number of esters is 1. The zero-order chi connectivity index (χ0) is 26.3. The van der Waals surface area contributed by atoms with Gasteiger partial charge in [-0.1, -0.05) is 0 Å². The fraction of sp³-hybridized carbons (Fsp3) is 0.231. The van der Waals surface area contributed by atoms with Crippen LogP contribution in [0.2, 0.25) is 0 Å². The van der Waals surface area contributed by atoms with Crippen LogP contribution in [-0.4, -0.2) is 53.7 Å². The number of aryl methyl sites for hydroxylation is 1. The molecule has 1 unspecified atom stereocenters.